The minimum absolute atomic E-state index is 0.251. The van der Waals surface area contributed by atoms with E-state index in [0.29, 0.717) is 11.6 Å². The Labute approximate surface area is 134 Å². The summed E-state index contributed by atoms with van der Waals surface area (Å²) in [5, 5.41) is 6.34. The topological polar surface area (TPSA) is 87.4 Å². The highest BCUT2D eigenvalue weighted by Gasteiger charge is 2.18. The van der Waals surface area contributed by atoms with Crippen molar-refractivity contribution < 1.29 is 9.32 Å². The Morgan fingerprint density at radius 1 is 1.26 bits per heavy atom. The average molecular weight is 316 g/mol. The van der Waals surface area contributed by atoms with E-state index in [1.165, 1.54) is 6.20 Å². The van der Waals surface area contributed by atoms with Gasteiger partial charge in [-0.15, -0.1) is 0 Å². The molecule has 0 bridgehead atoms. The van der Waals surface area contributed by atoms with Crippen molar-refractivity contribution in [2.75, 3.05) is 42.9 Å². The third kappa shape index (κ3) is 3.65. The molecular formula is C15H20N6O2. The molecule has 23 heavy (non-hydrogen) atoms. The molecule has 0 radical (unpaired) electrons. The Bertz CT molecular complexity index is 661. The maximum atomic E-state index is 12.1. The number of rotatable bonds is 4. The molecule has 1 aliphatic heterocycles. The van der Waals surface area contributed by atoms with Gasteiger partial charge in [0.2, 0.25) is 0 Å². The fourth-order valence-electron chi connectivity index (χ4n) is 2.50. The molecule has 1 saturated heterocycles. The summed E-state index contributed by atoms with van der Waals surface area (Å²) in [6, 6.07) is 1.65. The zero-order chi connectivity index (χ0) is 16.2. The molecule has 1 amide bonds. The first-order chi connectivity index (χ1) is 11.2. The van der Waals surface area contributed by atoms with Gasteiger partial charge in [0, 0.05) is 32.2 Å². The van der Waals surface area contributed by atoms with Gasteiger partial charge in [0.25, 0.3) is 5.91 Å². The Kier molecular flexibility index (Phi) is 4.52. The van der Waals surface area contributed by atoms with Crippen LogP contribution < -0.4 is 10.2 Å². The highest BCUT2D eigenvalue weighted by Crippen LogP contribution is 2.13. The molecule has 0 unspecified atom stereocenters. The highest BCUT2D eigenvalue weighted by molar-refractivity contribution is 6.02. The quantitative estimate of drug-likeness (QED) is 0.905. The maximum absolute atomic E-state index is 12.1. The Morgan fingerprint density at radius 3 is 2.61 bits per heavy atom. The number of piperazine rings is 1. The van der Waals surface area contributed by atoms with Crippen molar-refractivity contribution in [1.82, 2.24) is 20.0 Å². The minimum atomic E-state index is -0.354. The van der Waals surface area contributed by atoms with Gasteiger partial charge in [-0.2, -0.15) is 0 Å². The molecule has 1 fully saturated rings. The van der Waals surface area contributed by atoms with Crippen molar-refractivity contribution in [3.63, 3.8) is 0 Å². The Morgan fingerprint density at radius 2 is 2.04 bits per heavy atom. The third-order valence-electron chi connectivity index (χ3n) is 3.88. The molecule has 0 saturated carbocycles. The van der Waals surface area contributed by atoms with Gasteiger partial charge in [0.05, 0.1) is 12.4 Å². The van der Waals surface area contributed by atoms with E-state index in [1.807, 2.05) is 0 Å². The predicted molar refractivity (Wildman–Crippen MR) is 85.6 cm³/mol. The van der Waals surface area contributed by atoms with E-state index in [9.17, 15) is 4.79 Å². The molecule has 0 atom stereocenters. The van der Waals surface area contributed by atoms with Crippen LogP contribution in [0.3, 0.4) is 0 Å². The number of likely N-dealkylation sites (N-methyl/N-ethyl adjacent to an activating group) is 1. The molecule has 8 nitrogen and oxygen atoms in total. The van der Waals surface area contributed by atoms with E-state index >= 15 is 0 Å². The summed E-state index contributed by atoms with van der Waals surface area (Å²) < 4.78 is 4.91. The van der Waals surface area contributed by atoms with E-state index in [-0.39, 0.29) is 11.6 Å². The zero-order valence-electron chi connectivity index (χ0n) is 13.3. The van der Waals surface area contributed by atoms with Gasteiger partial charge >= 0.3 is 0 Å². The van der Waals surface area contributed by atoms with Crippen LogP contribution in [0.25, 0.3) is 0 Å². The standard InChI is InChI=1S/C15H20N6O2/c1-3-20-4-6-21(7-5-20)14-10-16-12(9-17-14)15(22)18-13-8-11(2)23-19-13/h8-10H,3-7H2,1-2H3,(H,18,19,22). The monoisotopic (exact) mass is 316 g/mol. The number of aromatic nitrogens is 3. The van der Waals surface area contributed by atoms with Crippen molar-refractivity contribution in [2.45, 2.75) is 13.8 Å². The lowest BCUT2D eigenvalue weighted by molar-refractivity contribution is 0.102. The van der Waals surface area contributed by atoms with Crippen LogP contribution >= 0.6 is 0 Å². The molecule has 8 heteroatoms. The van der Waals surface area contributed by atoms with E-state index in [0.717, 1.165) is 38.5 Å². The lowest BCUT2D eigenvalue weighted by Gasteiger charge is -2.34. The van der Waals surface area contributed by atoms with Crippen LogP contribution in [-0.2, 0) is 0 Å². The van der Waals surface area contributed by atoms with E-state index in [4.69, 9.17) is 4.52 Å². The molecule has 1 N–H and O–H groups in total. The summed E-state index contributed by atoms with van der Waals surface area (Å²) in [7, 11) is 0. The van der Waals surface area contributed by atoms with Crippen molar-refractivity contribution in [3.05, 3.63) is 29.9 Å². The fraction of sp³-hybridized carbons (Fsp3) is 0.467. The molecule has 0 spiro atoms. The molecule has 3 rings (SSSR count). The fourth-order valence-corrected chi connectivity index (χ4v) is 2.50. The lowest BCUT2D eigenvalue weighted by Crippen LogP contribution is -2.46. The maximum Gasteiger partial charge on any atom is 0.277 e. The number of amides is 1. The summed E-state index contributed by atoms with van der Waals surface area (Å²) in [6.07, 6.45) is 3.13. The second kappa shape index (κ2) is 6.74. The SMILES string of the molecule is CCN1CCN(c2cnc(C(=O)Nc3cc(C)on3)cn2)CC1. The van der Waals surface area contributed by atoms with Crippen LogP contribution in [0.5, 0.6) is 0 Å². The molecule has 0 aromatic carbocycles. The number of carbonyl (C=O) groups is 1. The molecule has 2 aromatic rings. The molecule has 0 aliphatic carbocycles. The van der Waals surface area contributed by atoms with Crippen LogP contribution in [0.2, 0.25) is 0 Å². The largest absolute Gasteiger partial charge is 0.360 e. The van der Waals surface area contributed by atoms with Crippen molar-refractivity contribution in [3.8, 4) is 0 Å². The average Bonchev–Trinajstić information content (AvgIpc) is 3.00. The molecule has 3 heterocycles. The molecular weight excluding hydrogens is 296 g/mol. The number of carbonyl (C=O) groups excluding carboxylic acids is 1. The van der Waals surface area contributed by atoms with Crippen molar-refractivity contribution in [2.24, 2.45) is 0 Å². The van der Waals surface area contributed by atoms with Gasteiger partial charge in [0.1, 0.15) is 17.3 Å². The minimum Gasteiger partial charge on any atom is -0.360 e. The second-order valence-corrected chi connectivity index (χ2v) is 5.46. The van der Waals surface area contributed by atoms with E-state index in [2.05, 4.69) is 37.2 Å². The van der Waals surface area contributed by atoms with Crippen LogP contribution in [0.1, 0.15) is 23.2 Å². The smallest absolute Gasteiger partial charge is 0.277 e. The first-order valence-electron chi connectivity index (χ1n) is 7.69. The second-order valence-electron chi connectivity index (χ2n) is 5.46. The number of hydrogen-bond acceptors (Lipinski definition) is 7. The summed E-state index contributed by atoms with van der Waals surface area (Å²) in [5.74, 6) is 1.45. The number of anilines is 2. The zero-order valence-corrected chi connectivity index (χ0v) is 13.3. The summed E-state index contributed by atoms with van der Waals surface area (Å²) in [6.45, 7) is 8.88. The lowest BCUT2D eigenvalue weighted by atomic mass is 10.3. The van der Waals surface area contributed by atoms with Crippen LogP contribution in [-0.4, -0.2) is 58.7 Å². The van der Waals surface area contributed by atoms with Gasteiger partial charge in [-0.3, -0.25) is 4.79 Å². The van der Waals surface area contributed by atoms with Crippen molar-refractivity contribution in [1.29, 1.82) is 0 Å². The summed E-state index contributed by atoms with van der Waals surface area (Å²) in [5.41, 5.74) is 0.251. The van der Waals surface area contributed by atoms with Gasteiger partial charge in [0.15, 0.2) is 5.82 Å². The molecule has 122 valence electrons. The number of aryl methyl sites for hydroxylation is 1. The highest BCUT2D eigenvalue weighted by atomic mass is 16.5. The summed E-state index contributed by atoms with van der Waals surface area (Å²) >= 11 is 0. The van der Waals surface area contributed by atoms with Crippen LogP contribution in [0.15, 0.2) is 23.0 Å². The Hall–Kier alpha value is -2.48. The summed E-state index contributed by atoms with van der Waals surface area (Å²) in [4.78, 5) is 25.2. The third-order valence-corrected chi connectivity index (χ3v) is 3.88. The van der Waals surface area contributed by atoms with Gasteiger partial charge in [-0.25, -0.2) is 9.97 Å². The normalized spacial score (nSPS) is 15.7. The number of nitrogens with one attached hydrogen (secondary N) is 1. The van der Waals surface area contributed by atoms with Gasteiger partial charge < -0.3 is 19.6 Å². The van der Waals surface area contributed by atoms with E-state index < -0.39 is 0 Å². The molecule has 1 aliphatic rings. The molecule has 2 aromatic heterocycles. The first-order valence-corrected chi connectivity index (χ1v) is 7.69. The van der Waals surface area contributed by atoms with Crippen LogP contribution in [0.4, 0.5) is 11.6 Å². The predicted octanol–water partition coefficient (Wildman–Crippen LogP) is 1.17. The number of nitrogens with zero attached hydrogens (tertiary/aromatic N) is 5. The van der Waals surface area contributed by atoms with Crippen LogP contribution in [0, 0.1) is 6.92 Å². The van der Waals surface area contributed by atoms with Gasteiger partial charge in [-0.1, -0.05) is 12.1 Å². The Balaban J connectivity index is 1.61. The van der Waals surface area contributed by atoms with Crippen molar-refractivity contribution >= 4 is 17.5 Å². The van der Waals surface area contributed by atoms with E-state index in [1.54, 1.807) is 19.2 Å². The van der Waals surface area contributed by atoms with Gasteiger partial charge in [-0.05, 0) is 13.5 Å². The first kappa shape index (κ1) is 15.4. The number of hydrogen-bond donors (Lipinski definition) is 1.